The lowest BCUT2D eigenvalue weighted by Gasteiger charge is -2.35. The van der Waals surface area contributed by atoms with Crippen molar-refractivity contribution in [3.8, 4) is 0 Å². The average molecular weight is 282 g/mol. The molecule has 0 aromatic rings. The number of piperazine rings is 1. The Balaban J connectivity index is 1.97. The second-order valence-electron chi connectivity index (χ2n) is 5.70. The Bertz CT molecular complexity index is 391. The van der Waals surface area contributed by atoms with Crippen LogP contribution in [0.3, 0.4) is 0 Å². The van der Waals surface area contributed by atoms with Gasteiger partial charge in [-0.15, -0.1) is 0 Å². The quantitative estimate of drug-likeness (QED) is 0.797. The Morgan fingerprint density at radius 3 is 2.55 bits per heavy atom. The molecule has 1 atom stereocenters. The van der Waals surface area contributed by atoms with Crippen LogP contribution in [0.15, 0.2) is 0 Å². The highest BCUT2D eigenvalue weighted by Crippen LogP contribution is 2.27. The van der Waals surface area contributed by atoms with Gasteiger partial charge in [-0.25, -0.2) is 0 Å². The molecule has 0 bridgehead atoms. The van der Waals surface area contributed by atoms with Crippen molar-refractivity contribution < 1.29 is 19.5 Å². The summed E-state index contributed by atoms with van der Waals surface area (Å²) in [4.78, 5) is 36.4. The van der Waals surface area contributed by atoms with Gasteiger partial charge >= 0.3 is 5.97 Å². The van der Waals surface area contributed by atoms with E-state index in [2.05, 4.69) is 5.32 Å². The molecule has 6 nitrogen and oxygen atoms in total. The van der Waals surface area contributed by atoms with Crippen molar-refractivity contribution in [3.63, 3.8) is 0 Å². The van der Waals surface area contributed by atoms with Crippen molar-refractivity contribution in [3.05, 3.63) is 0 Å². The summed E-state index contributed by atoms with van der Waals surface area (Å²) in [6.07, 6.45) is 5.82. The fraction of sp³-hybridized carbons (Fsp3) is 0.786. The SMILES string of the molecule is O=C(O)CC1C(=O)NCCN1C(=O)CC1CCCCC1. The third-order valence-corrected chi connectivity index (χ3v) is 4.21. The molecule has 1 heterocycles. The molecule has 2 N–H and O–H groups in total. The summed E-state index contributed by atoms with van der Waals surface area (Å²) in [5, 5.41) is 11.5. The third kappa shape index (κ3) is 3.71. The molecule has 2 aliphatic rings. The summed E-state index contributed by atoms with van der Waals surface area (Å²) in [6, 6.07) is -0.850. The Morgan fingerprint density at radius 2 is 1.90 bits per heavy atom. The standard InChI is InChI=1S/C14H22N2O4/c17-12(8-10-4-2-1-3-5-10)16-7-6-15-14(20)11(16)9-13(18)19/h10-11H,1-9H2,(H,15,20)(H,18,19). The van der Waals surface area contributed by atoms with Gasteiger partial charge in [0.25, 0.3) is 0 Å². The van der Waals surface area contributed by atoms with Gasteiger partial charge in [0.15, 0.2) is 0 Å². The van der Waals surface area contributed by atoms with Crippen LogP contribution in [0, 0.1) is 5.92 Å². The zero-order valence-electron chi connectivity index (χ0n) is 11.6. The fourth-order valence-corrected chi connectivity index (χ4v) is 3.14. The lowest BCUT2D eigenvalue weighted by molar-refractivity contribution is -0.149. The number of nitrogens with one attached hydrogen (secondary N) is 1. The van der Waals surface area contributed by atoms with Gasteiger partial charge in [-0.2, -0.15) is 0 Å². The predicted octanol–water partition coefficient (Wildman–Crippen LogP) is 0.758. The number of hydrogen-bond acceptors (Lipinski definition) is 3. The van der Waals surface area contributed by atoms with Gasteiger partial charge in [0.2, 0.25) is 11.8 Å². The average Bonchev–Trinajstić information content (AvgIpc) is 2.41. The molecular formula is C14H22N2O4. The molecule has 2 fully saturated rings. The van der Waals surface area contributed by atoms with E-state index < -0.39 is 12.0 Å². The first-order valence-electron chi connectivity index (χ1n) is 7.37. The van der Waals surface area contributed by atoms with E-state index >= 15 is 0 Å². The second kappa shape index (κ2) is 6.72. The van der Waals surface area contributed by atoms with Crippen LogP contribution < -0.4 is 5.32 Å². The van der Waals surface area contributed by atoms with Crippen molar-refractivity contribution in [2.24, 2.45) is 5.92 Å². The van der Waals surface area contributed by atoms with E-state index in [0.29, 0.717) is 25.4 Å². The van der Waals surface area contributed by atoms with E-state index in [-0.39, 0.29) is 18.2 Å². The molecule has 2 rings (SSSR count). The number of hydrogen-bond donors (Lipinski definition) is 2. The summed E-state index contributed by atoms with van der Waals surface area (Å²) in [5.74, 6) is -1.08. The molecular weight excluding hydrogens is 260 g/mol. The summed E-state index contributed by atoms with van der Waals surface area (Å²) < 4.78 is 0. The maximum atomic E-state index is 12.4. The van der Waals surface area contributed by atoms with E-state index in [9.17, 15) is 14.4 Å². The van der Waals surface area contributed by atoms with Gasteiger partial charge in [-0.3, -0.25) is 14.4 Å². The van der Waals surface area contributed by atoms with Gasteiger partial charge in [0.1, 0.15) is 6.04 Å². The summed E-state index contributed by atoms with van der Waals surface area (Å²) in [7, 11) is 0. The van der Waals surface area contributed by atoms with E-state index in [4.69, 9.17) is 5.11 Å². The van der Waals surface area contributed by atoms with Crippen LogP contribution in [-0.4, -0.2) is 46.9 Å². The van der Waals surface area contributed by atoms with Crippen LogP contribution >= 0.6 is 0 Å². The summed E-state index contributed by atoms with van der Waals surface area (Å²) in [5.41, 5.74) is 0. The fourth-order valence-electron chi connectivity index (χ4n) is 3.14. The molecule has 1 aliphatic carbocycles. The molecule has 0 aromatic carbocycles. The molecule has 0 aromatic heterocycles. The molecule has 112 valence electrons. The largest absolute Gasteiger partial charge is 0.481 e. The first-order chi connectivity index (χ1) is 9.58. The molecule has 1 saturated heterocycles. The van der Waals surface area contributed by atoms with Gasteiger partial charge in [0.05, 0.1) is 6.42 Å². The topological polar surface area (TPSA) is 86.7 Å². The molecule has 1 unspecified atom stereocenters. The Morgan fingerprint density at radius 1 is 1.20 bits per heavy atom. The van der Waals surface area contributed by atoms with E-state index in [1.807, 2.05) is 0 Å². The van der Waals surface area contributed by atoms with E-state index in [1.165, 1.54) is 11.3 Å². The minimum Gasteiger partial charge on any atom is -0.481 e. The lowest BCUT2D eigenvalue weighted by atomic mass is 9.86. The molecule has 0 radical (unpaired) electrons. The molecule has 1 saturated carbocycles. The monoisotopic (exact) mass is 282 g/mol. The number of aliphatic carboxylic acids is 1. The molecule has 20 heavy (non-hydrogen) atoms. The van der Waals surface area contributed by atoms with Gasteiger partial charge in [-0.05, 0) is 18.8 Å². The van der Waals surface area contributed by atoms with Crippen LogP contribution in [0.2, 0.25) is 0 Å². The molecule has 2 amide bonds. The van der Waals surface area contributed by atoms with Crippen LogP contribution in [0.25, 0.3) is 0 Å². The Kier molecular flexibility index (Phi) is 4.98. The highest BCUT2D eigenvalue weighted by atomic mass is 16.4. The number of carboxylic acids is 1. The number of amides is 2. The van der Waals surface area contributed by atoms with Gasteiger partial charge in [-0.1, -0.05) is 19.3 Å². The highest BCUT2D eigenvalue weighted by molar-refractivity contribution is 5.91. The van der Waals surface area contributed by atoms with Crippen LogP contribution in [0.1, 0.15) is 44.9 Å². The zero-order valence-corrected chi connectivity index (χ0v) is 11.6. The molecule has 6 heteroatoms. The Labute approximate surface area is 118 Å². The maximum absolute atomic E-state index is 12.4. The molecule has 1 aliphatic heterocycles. The summed E-state index contributed by atoms with van der Waals surface area (Å²) in [6.45, 7) is 0.820. The van der Waals surface area contributed by atoms with Crippen molar-refractivity contribution in [2.45, 2.75) is 51.0 Å². The van der Waals surface area contributed by atoms with E-state index in [0.717, 1.165) is 25.7 Å². The zero-order chi connectivity index (χ0) is 14.5. The number of nitrogens with zero attached hydrogens (tertiary/aromatic N) is 1. The summed E-state index contributed by atoms with van der Waals surface area (Å²) >= 11 is 0. The second-order valence-corrected chi connectivity index (χ2v) is 5.70. The third-order valence-electron chi connectivity index (χ3n) is 4.21. The number of carbonyl (C=O) groups excluding carboxylic acids is 2. The smallest absolute Gasteiger partial charge is 0.305 e. The van der Waals surface area contributed by atoms with Crippen LogP contribution in [-0.2, 0) is 14.4 Å². The van der Waals surface area contributed by atoms with Gasteiger partial charge in [0, 0.05) is 19.5 Å². The first kappa shape index (κ1) is 14.8. The van der Waals surface area contributed by atoms with Gasteiger partial charge < -0.3 is 15.3 Å². The van der Waals surface area contributed by atoms with Crippen molar-refractivity contribution in [1.82, 2.24) is 10.2 Å². The van der Waals surface area contributed by atoms with Crippen molar-refractivity contribution >= 4 is 17.8 Å². The predicted molar refractivity (Wildman–Crippen MR) is 72.0 cm³/mol. The van der Waals surface area contributed by atoms with Crippen LogP contribution in [0.5, 0.6) is 0 Å². The maximum Gasteiger partial charge on any atom is 0.305 e. The normalized spacial score (nSPS) is 24.3. The number of rotatable bonds is 4. The number of carbonyl (C=O) groups is 3. The lowest BCUT2D eigenvalue weighted by Crippen LogP contribution is -2.58. The van der Waals surface area contributed by atoms with Crippen molar-refractivity contribution in [2.75, 3.05) is 13.1 Å². The Hall–Kier alpha value is -1.59. The minimum absolute atomic E-state index is 0.0713. The highest BCUT2D eigenvalue weighted by Gasteiger charge is 2.35. The van der Waals surface area contributed by atoms with E-state index in [1.54, 1.807) is 0 Å². The molecule has 0 spiro atoms. The van der Waals surface area contributed by atoms with Crippen molar-refractivity contribution in [1.29, 1.82) is 0 Å². The minimum atomic E-state index is -1.05. The first-order valence-corrected chi connectivity index (χ1v) is 7.37. The van der Waals surface area contributed by atoms with Crippen LogP contribution in [0.4, 0.5) is 0 Å². The number of carboxylic acid groups (broad SMARTS) is 1.